The Labute approximate surface area is 165 Å². The first kappa shape index (κ1) is 17.8. The highest BCUT2D eigenvalue weighted by Crippen LogP contribution is 2.60. The number of rotatable bonds is 2. The molecule has 5 nitrogen and oxygen atoms in total. The van der Waals surface area contributed by atoms with Gasteiger partial charge in [-0.2, -0.15) is 5.10 Å². The number of nitrogens with zero attached hydrogens (tertiary/aromatic N) is 1. The number of hydrogen-bond acceptors (Lipinski definition) is 3. The van der Waals surface area contributed by atoms with E-state index in [1.54, 1.807) is 0 Å². The summed E-state index contributed by atoms with van der Waals surface area (Å²) in [5.41, 5.74) is 5.76. The summed E-state index contributed by atoms with van der Waals surface area (Å²) in [5, 5.41) is 20.5. The van der Waals surface area contributed by atoms with Crippen LogP contribution in [0.4, 0.5) is 0 Å². The van der Waals surface area contributed by atoms with Gasteiger partial charge in [0.1, 0.15) is 5.75 Å². The molecule has 1 amide bonds. The van der Waals surface area contributed by atoms with Crippen LogP contribution in [-0.2, 0) is 18.3 Å². The highest BCUT2D eigenvalue weighted by Gasteiger charge is 2.54. The zero-order valence-electron chi connectivity index (χ0n) is 16.9. The van der Waals surface area contributed by atoms with Crippen molar-refractivity contribution in [1.29, 1.82) is 0 Å². The Kier molecular flexibility index (Phi) is 3.87. The Morgan fingerprint density at radius 2 is 2.18 bits per heavy atom. The lowest BCUT2D eigenvalue weighted by Gasteiger charge is -2.49. The third-order valence-corrected chi connectivity index (χ3v) is 7.60. The monoisotopic (exact) mass is 379 g/mol. The zero-order chi connectivity index (χ0) is 19.6. The summed E-state index contributed by atoms with van der Waals surface area (Å²) in [5.74, 6) is 2.05. The molecule has 0 bridgehead atoms. The minimum Gasteiger partial charge on any atom is -0.508 e. The Balaban J connectivity index is 1.49. The maximum atomic E-state index is 12.6. The fraction of sp³-hybridized carbons (Fsp3) is 0.565. The quantitative estimate of drug-likeness (QED) is 0.742. The van der Waals surface area contributed by atoms with Gasteiger partial charge in [0.2, 0.25) is 0 Å². The minimum absolute atomic E-state index is 0.0595. The van der Waals surface area contributed by atoms with Crippen molar-refractivity contribution < 1.29 is 9.90 Å². The van der Waals surface area contributed by atoms with Gasteiger partial charge < -0.3 is 10.4 Å². The molecule has 0 saturated heterocycles. The number of aromatic amines is 1. The van der Waals surface area contributed by atoms with Crippen LogP contribution in [0.2, 0.25) is 0 Å². The molecule has 0 unspecified atom stereocenters. The second-order valence-electron chi connectivity index (χ2n) is 9.51. The number of amides is 1. The van der Waals surface area contributed by atoms with E-state index in [0.717, 1.165) is 37.7 Å². The van der Waals surface area contributed by atoms with Crippen molar-refractivity contribution in [2.24, 2.45) is 11.8 Å². The van der Waals surface area contributed by atoms with Gasteiger partial charge in [0, 0.05) is 22.7 Å². The number of carbonyl (C=O) groups excluding carboxylic acids is 1. The molecule has 1 aromatic carbocycles. The molecule has 2 aromatic rings. The summed E-state index contributed by atoms with van der Waals surface area (Å²) in [6, 6.07) is 6.04. The Bertz CT molecular complexity index is 947. The second-order valence-corrected chi connectivity index (χ2v) is 9.51. The molecular weight excluding hydrogens is 350 g/mol. The molecule has 28 heavy (non-hydrogen) atoms. The summed E-state index contributed by atoms with van der Waals surface area (Å²) < 4.78 is 0. The molecule has 3 aliphatic carbocycles. The number of phenolic OH excluding ortho intramolecular Hbond substituents is 1. The normalized spacial score (nSPS) is 30.4. The lowest BCUT2D eigenvalue weighted by molar-refractivity contribution is 0.0930. The van der Waals surface area contributed by atoms with Crippen LogP contribution in [0, 0.1) is 11.8 Å². The van der Waals surface area contributed by atoms with Crippen molar-refractivity contribution in [3.8, 4) is 5.75 Å². The molecule has 5 rings (SSSR count). The van der Waals surface area contributed by atoms with Gasteiger partial charge in [-0.1, -0.05) is 13.0 Å². The van der Waals surface area contributed by atoms with Crippen molar-refractivity contribution in [1.82, 2.24) is 15.5 Å². The van der Waals surface area contributed by atoms with Crippen molar-refractivity contribution in [2.75, 3.05) is 0 Å². The standard InChI is InChI=1S/C23H29N3O2/c1-12(2)24-22(28)20-18-11-19-17-6-4-13-10-14(27)5-7-15(13)16(17)8-9-23(19,3)21(18)26-25-20/h5,7,10,12,16-17,19,27H,4,6,8-9,11H2,1-3H3,(H,24,28)(H,25,26)/t16-,17-,19+,23+/m1/s1. The van der Waals surface area contributed by atoms with Gasteiger partial charge in [-0.15, -0.1) is 0 Å². The maximum absolute atomic E-state index is 12.6. The maximum Gasteiger partial charge on any atom is 0.272 e. The molecular formula is C23H29N3O2. The van der Waals surface area contributed by atoms with Crippen molar-refractivity contribution in [3.63, 3.8) is 0 Å². The second kappa shape index (κ2) is 6.10. The summed E-state index contributed by atoms with van der Waals surface area (Å²) in [6.07, 6.45) is 5.40. The van der Waals surface area contributed by atoms with E-state index in [9.17, 15) is 9.90 Å². The van der Waals surface area contributed by atoms with E-state index >= 15 is 0 Å². The number of nitrogens with one attached hydrogen (secondary N) is 2. The lowest BCUT2D eigenvalue weighted by Crippen LogP contribution is -2.43. The van der Waals surface area contributed by atoms with Gasteiger partial charge in [-0.25, -0.2) is 0 Å². The van der Waals surface area contributed by atoms with Gasteiger partial charge in [0.15, 0.2) is 5.69 Å². The molecule has 1 heterocycles. The predicted octanol–water partition coefficient (Wildman–Crippen LogP) is 3.82. The first-order valence-electron chi connectivity index (χ1n) is 10.6. The molecule has 1 saturated carbocycles. The van der Waals surface area contributed by atoms with Crippen LogP contribution in [-0.4, -0.2) is 27.3 Å². The van der Waals surface area contributed by atoms with Crippen LogP contribution in [0.5, 0.6) is 5.75 Å². The fourth-order valence-electron chi connectivity index (χ4n) is 6.35. The Morgan fingerprint density at radius 1 is 1.36 bits per heavy atom. The highest BCUT2D eigenvalue weighted by molar-refractivity contribution is 5.94. The summed E-state index contributed by atoms with van der Waals surface area (Å²) in [4.78, 5) is 12.6. The number of benzene rings is 1. The molecule has 0 radical (unpaired) electrons. The van der Waals surface area contributed by atoms with E-state index in [1.165, 1.54) is 16.8 Å². The van der Waals surface area contributed by atoms with Crippen molar-refractivity contribution >= 4 is 5.91 Å². The van der Waals surface area contributed by atoms with Gasteiger partial charge in [0.05, 0.1) is 0 Å². The predicted molar refractivity (Wildman–Crippen MR) is 108 cm³/mol. The van der Waals surface area contributed by atoms with Crippen LogP contribution in [0.15, 0.2) is 18.2 Å². The number of aromatic hydroxyl groups is 1. The molecule has 0 aliphatic heterocycles. The van der Waals surface area contributed by atoms with E-state index in [-0.39, 0.29) is 17.4 Å². The van der Waals surface area contributed by atoms with Crippen LogP contribution >= 0.6 is 0 Å². The van der Waals surface area contributed by atoms with E-state index < -0.39 is 0 Å². The number of carbonyl (C=O) groups is 1. The topological polar surface area (TPSA) is 78.0 Å². The average Bonchev–Trinajstić information content (AvgIpc) is 3.18. The number of aromatic nitrogens is 2. The van der Waals surface area contributed by atoms with E-state index in [2.05, 4.69) is 28.5 Å². The number of fused-ring (bicyclic) bond motifs is 7. The molecule has 1 aromatic heterocycles. The lowest BCUT2D eigenvalue weighted by atomic mass is 9.55. The van der Waals surface area contributed by atoms with Gasteiger partial charge in [0.25, 0.3) is 5.91 Å². The minimum atomic E-state index is -0.0595. The van der Waals surface area contributed by atoms with Gasteiger partial charge in [-0.05, 0) is 87.0 Å². The van der Waals surface area contributed by atoms with Crippen molar-refractivity contribution in [2.45, 2.75) is 70.3 Å². The van der Waals surface area contributed by atoms with Crippen LogP contribution < -0.4 is 5.32 Å². The molecule has 0 spiro atoms. The fourth-order valence-corrected chi connectivity index (χ4v) is 6.35. The average molecular weight is 380 g/mol. The molecule has 4 atom stereocenters. The largest absolute Gasteiger partial charge is 0.508 e. The Hall–Kier alpha value is -2.30. The third kappa shape index (κ3) is 2.44. The molecule has 148 valence electrons. The number of hydrogen-bond donors (Lipinski definition) is 3. The first-order valence-corrected chi connectivity index (χ1v) is 10.6. The molecule has 3 N–H and O–H groups in total. The summed E-state index contributed by atoms with van der Waals surface area (Å²) in [7, 11) is 0. The molecule has 3 aliphatic rings. The summed E-state index contributed by atoms with van der Waals surface area (Å²) in [6.45, 7) is 6.33. The first-order chi connectivity index (χ1) is 13.4. The Morgan fingerprint density at radius 3 is 2.96 bits per heavy atom. The summed E-state index contributed by atoms with van der Waals surface area (Å²) >= 11 is 0. The SMILES string of the molecule is CC(C)NC(=O)c1n[nH]c2c1C[C@H]1[C@@H]3CCc4cc(O)ccc4[C@H]3CC[C@]21C. The third-order valence-electron chi connectivity index (χ3n) is 7.60. The van der Waals surface area contributed by atoms with Crippen molar-refractivity contribution in [3.05, 3.63) is 46.3 Å². The number of H-pyrrole nitrogens is 1. The van der Waals surface area contributed by atoms with E-state index in [4.69, 9.17) is 0 Å². The van der Waals surface area contributed by atoms with Crippen LogP contribution in [0.1, 0.15) is 78.8 Å². The number of phenols is 1. The van der Waals surface area contributed by atoms with E-state index in [1.807, 2.05) is 26.0 Å². The van der Waals surface area contributed by atoms with Crippen LogP contribution in [0.25, 0.3) is 0 Å². The van der Waals surface area contributed by atoms with Crippen LogP contribution in [0.3, 0.4) is 0 Å². The number of aryl methyl sites for hydroxylation is 1. The van der Waals surface area contributed by atoms with E-state index in [0.29, 0.717) is 29.2 Å². The zero-order valence-corrected chi connectivity index (χ0v) is 16.9. The molecule has 5 heteroatoms. The van der Waals surface area contributed by atoms with Gasteiger partial charge >= 0.3 is 0 Å². The smallest absolute Gasteiger partial charge is 0.272 e. The molecule has 1 fully saturated rings. The van der Waals surface area contributed by atoms with Gasteiger partial charge in [-0.3, -0.25) is 9.89 Å². The highest BCUT2D eigenvalue weighted by atomic mass is 16.3.